The fourth-order valence-electron chi connectivity index (χ4n) is 1.78. The number of carbonyl (C=O) groups excluding carboxylic acids is 1. The van der Waals surface area contributed by atoms with Crippen LogP contribution in [0, 0.1) is 13.8 Å². The van der Waals surface area contributed by atoms with Crippen molar-refractivity contribution < 1.29 is 4.79 Å². The van der Waals surface area contributed by atoms with Gasteiger partial charge in [0.2, 0.25) is 0 Å². The van der Waals surface area contributed by atoms with Gasteiger partial charge in [-0.05, 0) is 31.5 Å². The second kappa shape index (κ2) is 3.35. The lowest BCUT2D eigenvalue weighted by molar-refractivity contribution is 0.100. The molecule has 1 amide bonds. The Bertz CT molecular complexity index is 547. The van der Waals surface area contributed by atoms with E-state index in [1.165, 1.54) is 0 Å². The van der Waals surface area contributed by atoms with Gasteiger partial charge in [-0.1, -0.05) is 12.1 Å². The molecule has 3 heteroatoms. The number of nitrogens with two attached hydrogens (primary N) is 1. The van der Waals surface area contributed by atoms with Gasteiger partial charge >= 0.3 is 0 Å². The van der Waals surface area contributed by atoms with E-state index in [2.05, 4.69) is 4.98 Å². The molecule has 0 aliphatic carbocycles. The zero-order chi connectivity index (χ0) is 11.0. The first kappa shape index (κ1) is 9.65. The maximum absolute atomic E-state index is 11.2. The first-order valence-corrected chi connectivity index (χ1v) is 4.76. The van der Waals surface area contributed by atoms with E-state index in [4.69, 9.17) is 5.73 Å². The summed E-state index contributed by atoms with van der Waals surface area (Å²) in [6, 6.07) is 7.47. The normalized spacial score (nSPS) is 10.5. The maximum Gasteiger partial charge on any atom is 0.250 e. The average molecular weight is 200 g/mol. The SMILES string of the molecule is Cc1cc(C)c2cccc(C(N)=O)c2n1. The van der Waals surface area contributed by atoms with E-state index >= 15 is 0 Å². The van der Waals surface area contributed by atoms with Crippen molar-refractivity contribution in [1.29, 1.82) is 0 Å². The molecule has 1 heterocycles. The molecule has 0 aliphatic rings. The van der Waals surface area contributed by atoms with Crippen LogP contribution in [0.4, 0.5) is 0 Å². The van der Waals surface area contributed by atoms with Gasteiger partial charge in [-0.25, -0.2) is 0 Å². The topological polar surface area (TPSA) is 56.0 Å². The molecule has 0 radical (unpaired) electrons. The molecule has 15 heavy (non-hydrogen) atoms. The third-order valence-electron chi connectivity index (χ3n) is 2.44. The van der Waals surface area contributed by atoms with E-state index in [1.807, 2.05) is 32.0 Å². The average Bonchev–Trinajstić information content (AvgIpc) is 2.16. The molecule has 1 aromatic carbocycles. The van der Waals surface area contributed by atoms with Crippen LogP contribution in [-0.4, -0.2) is 10.9 Å². The van der Waals surface area contributed by atoms with Crippen molar-refractivity contribution >= 4 is 16.8 Å². The lowest BCUT2D eigenvalue weighted by atomic mass is 10.0. The summed E-state index contributed by atoms with van der Waals surface area (Å²) < 4.78 is 0. The summed E-state index contributed by atoms with van der Waals surface area (Å²) in [7, 11) is 0. The Kier molecular flexibility index (Phi) is 2.15. The molecule has 3 nitrogen and oxygen atoms in total. The zero-order valence-electron chi connectivity index (χ0n) is 8.74. The highest BCUT2D eigenvalue weighted by molar-refractivity contribution is 6.05. The lowest BCUT2D eigenvalue weighted by Gasteiger charge is -2.06. The fraction of sp³-hybridized carbons (Fsp3) is 0.167. The van der Waals surface area contributed by atoms with Gasteiger partial charge < -0.3 is 5.73 Å². The number of nitrogens with zero attached hydrogens (tertiary/aromatic N) is 1. The van der Waals surface area contributed by atoms with Gasteiger partial charge in [0.1, 0.15) is 0 Å². The number of pyridine rings is 1. The second-order valence-corrected chi connectivity index (χ2v) is 3.65. The summed E-state index contributed by atoms with van der Waals surface area (Å²) >= 11 is 0. The summed E-state index contributed by atoms with van der Waals surface area (Å²) in [5.74, 6) is -0.432. The van der Waals surface area contributed by atoms with Gasteiger partial charge in [0.05, 0.1) is 11.1 Å². The van der Waals surface area contributed by atoms with Gasteiger partial charge in [0.15, 0.2) is 0 Å². The summed E-state index contributed by atoms with van der Waals surface area (Å²) in [5, 5.41) is 0.983. The van der Waals surface area contributed by atoms with E-state index in [0.29, 0.717) is 11.1 Å². The minimum absolute atomic E-state index is 0.432. The van der Waals surface area contributed by atoms with Gasteiger partial charge in [-0.3, -0.25) is 9.78 Å². The minimum atomic E-state index is -0.432. The molecule has 0 saturated heterocycles. The van der Waals surface area contributed by atoms with E-state index in [0.717, 1.165) is 16.6 Å². The summed E-state index contributed by atoms with van der Waals surface area (Å²) in [6.45, 7) is 3.91. The number of aromatic nitrogens is 1. The molecule has 0 fully saturated rings. The number of aryl methyl sites for hydroxylation is 2. The Balaban J connectivity index is 2.91. The molecule has 2 rings (SSSR count). The first-order chi connectivity index (χ1) is 7.09. The highest BCUT2D eigenvalue weighted by Gasteiger charge is 2.09. The largest absolute Gasteiger partial charge is 0.366 e. The van der Waals surface area contributed by atoms with Crippen LogP contribution in [-0.2, 0) is 0 Å². The standard InChI is InChI=1S/C12H12N2O/c1-7-6-8(2)14-11-9(7)4-3-5-10(11)12(13)15/h3-6H,1-2H3,(H2,13,15). The number of benzene rings is 1. The summed E-state index contributed by atoms with van der Waals surface area (Å²) in [4.78, 5) is 15.6. The Morgan fingerprint density at radius 2 is 2.07 bits per heavy atom. The lowest BCUT2D eigenvalue weighted by Crippen LogP contribution is -2.12. The van der Waals surface area contributed by atoms with Gasteiger partial charge in [-0.2, -0.15) is 0 Å². The number of primary amides is 1. The van der Waals surface area contributed by atoms with Crippen LogP contribution in [0.15, 0.2) is 24.3 Å². The highest BCUT2D eigenvalue weighted by Crippen LogP contribution is 2.20. The van der Waals surface area contributed by atoms with E-state index in [9.17, 15) is 4.79 Å². The molecule has 0 bridgehead atoms. The van der Waals surface area contributed by atoms with Crippen molar-refractivity contribution in [3.05, 3.63) is 41.1 Å². The molecule has 0 spiro atoms. The summed E-state index contributed by atoms with van der Waals surface area (Å²) in [6.07, 6.45) is 0. The quantitative estimate of drug-likeness (QED) is 0.764. The van der Waals surface area contributed by atoms with Crippen LogP contribution in [0.2, 0.25) is 0 Å². The zero-order valence-corrected chi connectivity index (χ0v) is 8.74. The number of para-hydroxylation sites is 1. The van der Waals surface area contributed by atoms with Crippen LogP contribution in [0.25, 0.3) is 10.9 Å². The monoisotopic (exact) mass is 200 g/mol. The number of rotatable bonds is 1. The van der Waals surface area contributed by atoms with Crippen molar-refractivity contribution in [2.24, 2.45) is 5.73 Å². The molecule has 0 atom stereocenters. The number of carbonyl (C=O) groups is 1. The Hall–Kier alpha value is -1.90. The van der Waals surface area contributed by atoms with Crippen LogP contribution >= 0.6 is 0 Å². The van der Waals surface area contributed by atoms with Crippen molar-refractivity contribution in [2.75, 3.05) is 0 Å². The highest BCUT2D eigenvalue weighted by atomic mass is 16.1. The molecule has 2 aromatic rings. The van der Waals surface area contributed by atoms with E-state index in [1.54, 1.807) is 6.07 Å². The van der Waals surface area contributed by atoms with Crippen molar-refractivity contribution in [2.45, 2.75) is 13.8 Å². The van der Waals surface area contributed by atoms with Crippen molar-refractivity contribution in [3.63, 3.8) is 0 Å². The Labute approximate surface area is 87.9 Å². The van der Waals surface area contributed by atoms with Crippen LogP contribution in [0.3, 0.4) is 0 Å². The van der Waals surface area contributed by atoms with Gasteiger partial charge in [-0.15, -0.1) is 0 Å². The maximum atomic E-state index is 11.2. The van der Waals surface area contributed by atoms with Crippen molar-refractivity contribution in [1.82, 2.24) is 4.98 Å². The molecule has 0 saturated carbocycles. The van der Waals surface area contributed by atoms with Crippen LogP contribution in [0.1, 0.15) is 21.6 Å². The molecule has 1 aromatic heterocycles. The third kappa shape index (κ3) is 1.56. The fourth-order valence-corrected chi connectivity index (χ4v) is 1.78. The Morgan fingerprint density at radius 3 is 2.73 bits per heavy atom. The molecule has 0 aliphatic heterocycles. The number of amides is 1. The van der Waals surface area contributed by atoms with E-state index in [-0.39, 0.29) is 0 Å². The van der Waals surface area contributed by atoms with Gasteiger partial charge in [0, 0.05) is 11.1 Å². The number of hydrogen-bond acceptors (Lipinski definition) is 2. The molecular weight excluding hydrogens is 188 g/mol. The second-order valence-electron chi connectivity index (χ2n) is 3.65. The smallest absolute Gasteiger partial charge is 0.250 e. The molecule has 2 N–H and O–H groups in total. The number of hydrogen-bond donors (Lipinski definition) is 1. The third-order valence-corrected chi connectivity index (χ3v) is 2.44. The van der Waals surface area contributed by atoms with E-state index < -0.39 is 5.91 Å². The number of fused-ring (bicyclic) bond motifs is 1. The molecule has 0 unspecified atom stereocenters. The van der Waals surface area contributed by atoms with Crippen LogP contribution in [0.5, 0.6) is 0 Å². The predicted molar refractivity (Wildman–Crippen MR) is 59.7 cm³/mol. The van der Waals surface area contributed by atoms with Crippen molar-refractivity contribution in [3.8, 4) is 0 Å². The first-order valence-electron chi connectivity index (χ1n) is 4.76. The summed E-state index contributed by atoms with van der Waals surface area (Å²) in [5.41, 5.74) is 8.49. The molecular formula is C12H12N2O. The van der Waals surface area contributed by atoms with Gasteiger partial charge in [0.25, 0.3) is 5.91 Å². The van der Waals surface area contributed by atoms with Crippen LogP contribution < -0.4 is 5.73 Å². The Morgan fingerprint density at radius 1 is 1.33 bits per heavy atom. The predicted octanol–water partition coefficient (Wildman–Crippen LogP) is 1.95. The minimum Gasteiger partial charge on any atom is -0.366 e. The molecule has 76 valence electrons.